The number of morpholine rings is 1. The third kappa shape index (κ3) is 5.47. The summed E-state index contributed by atoms with van der Waals surface area (Å²) in [6.07, 6.45) is 4.14. The smallest absolute Gasteiger partial charge is 0.243 e. The van der Waals surface area contributed by atoms with E-state index in [9.17, 15) is 13.2 Å². The van der Waals surface area contributed by atoms with E-state index in [-0.39, 0.29) is 10.7 Å². The van der Waals surface area contributed by atoms with Gasteiger partial charge in [0.25, 0.3) is 0 Å². The van der Waals surface area contributed by atoms with Gasteiger partial charge in [-0.25, -0.2) is 8.42 Å². The first-order valence-corrected chi connectivity index (χ1v) is 13.3. The number of rotatable bonds is 9. The maximum absolute atomic E-state index is 13.3. The fourth-order valence-corrected chi connectivity index (χ4v) is 6.09. The largest absolute Gasteiger partial charge is 0.379 e. The molecule has 33 heavy (non-hydrogen) atoms. The van der Waals surface area contributed by atoms with Gasteiger partial charge in [0, 0.05) is 56.1 Å². The van der Waals surface area contributed by atoms with Crippen LogP contribution in [-0.2, 0) is 21.3 Å². The first-order valence-electron chi connectivity index (χ1n) is 11.9. The van der Waals surface area contributed by atoms with Crippen molar-refractivity contribution in [3.63, 3.8) is 0 Å². The van der Waals surface area contributed by atoms with Crippen molar-refractivity contribution in [2.75, 3.05) is 44.3 Å². The highest BCUT2D eigenvalue weighted by Crippen LogP contribution is 2.30. The normalized spacial score (nSPS) is 17.6. The lowest BCUT2D eigenvalue weighted by Crippen LogP contribution is -2.40. The zero-order valence-corrected chi connectivity index (χ0v) is 20.4. The third-order valence-electron chi connectivity index (χ3n) is 6.45. The Morgan fingerprint density at radius 1 is 1.03 bits per heavy atom. The summed E-state index contributed by atoms with van der Waals surface area (Å²) in [6, 6.07) is 7.12. The van der Waals surface area contributed by atoms with Gasteiger partial charge in [-0.2, -0.15) is 9.40 Å². The summed E-state index contributed by atoms with van der Waals surface area (Å²) in [5.41, 5.74) is 3.50. The Labute approximate surface area is 196 Å². The lowest BCUT2D eigenvalue weighted by Gasteiger charge is -2.27. The minimum Gasteiger partial charge on any atom is -0.379 e. The van der Waals surface area contributed by atoms with Crippen LogP contribution >= 0.6 is 0 Å². The molecule has 0 radical (unpaired) electrons. The summed E-state index contributed by atoms with van der Waals surface area (Å²) in [5, 5.41) is 4.48. The molecule has 9 heteroatoms. The highest BCUT2D eigenvalue weighted by atomic mass is 32.2. The summed E-state index contributed by atoms with van der Waals surface area (Å²) in [4.78, 5) is 15.7. The van der Waals surface area contributed by atoms with Gasteiger partial charge in [-0.1, -0.05) is 0 Å². The molecule has 2 saturated heterocycles. The van der Waals surface area contributed by atoms with Crippen molar-refractivity contribution in [1.29, 1.82) is 0 Å². The van der Waals surface area contributed by atoms with Gasteiger partial charge in [0.1, 0.15) is 0 Å². The van der Waals surface area contributed by atoms with Crippen LogP contribution in [0.5, 0.6) is 0 Å². The Balaban J connectivity index is 1.50. The molecule has 3 heterocycles. The molecule has 1 aromatic heterocycles. The number of carbonyl (C=O) groups is 1. The van der Waals surface area contributed by atoms with E-state index in [1.807, 2.05) is 30.7 Å². The van der Waals surface area contributed by atoms with E-state index in [4.69, 9.17) is 4.74 Å². The van der Waals surface area contributed by atoms with Gasteiger partial charge >= 0.3 is 0 Å². The van der Waals surface area contributed by atoms with Crippen molar-refractivity contribution < 1.29 is 17.9 Å². The van der Waals surface area contributed by atoms with E-state index < -0.39 is 10.0 Å². The second-order valence-electron chi connectivity index (χ2n) is 8.92. The molecule has 0 amide bonds. The van der Waals surface area contributed by atoms with Crippen molar-refractivity contribution in [2.45, 2.75) is 57.4 Å². The Hall–Kier alpha value is -2.23. The van der Waals surface area contributed by atoms with E-state index in [2.05, 4.69) is 10.00 Å². The van der Waals surface area contributed by atoms with Gasteiger partial charge in [-0.05, 0) is 63.8 Å². The summed E-state index contributed by atoms with van der Waals surface area (Å²) >= 11 is 0. The van der Waals surface area contributed by atoms with Crippen molar-refractivity contribution in [3.8, 4) is 0 Å². The van der Waals surface area contributed by atoms with Crippen LogP contribution in [0, 0.1) is 13.8 Å². The van der Waals surface area contributed by atoms with Crippen molar-refractivity contribution >= 4 is 21.5 Å². The Morgan fingerprint density at radius 2 is 1.76 bits per heavy atom. The van der Waals surface area contributed by atoms with Crippen LogP contribution in [0.25, 0.3) is 0 Å². The maximum Gasteiger partial charge on any atom is 0.243 e. The topological polar surface area (TPSA) is 84.7 Å². The first-order chi connectivity index (χ1) is 15.9. The predicted molar refractivity (Wildman–Crippen MR) is 127 cm³/mol. The van der Waals surface area contributed by atoms with E-state index in [1.165, 1.54) is 4.31 Å². The van der Waals surface area contributed by atoms with Gasteiger partial charge in [0.05, 0.1) is 23.8 Å². The molecule has 0 unspecified atom stereocenters. The molecule has 2 fully saturated rings. The summed E-state index contributed by atoms with van der Waals surface area (Å²) in [7, 11) is -3.65. The first kappa shape index (κ1) is 23.9. The van der Waals surface area contributed by atoms with Crippen molar-refractivity contribution in [3.05, 3.63) is 41.2 Å². The number of sulfonamides is 1. The van der Waals surface area contributed by atoms with Crippen LogP contribution in [0.4, 0.5) is 5.69 Å². The van der Waals surface area contributed by atoms with Crippen molar-refractivity contribution in [2.24, 2.45) is 0 Å². The number of anilines is 1. The number of aryl methyl sites for hydroxylation is 3. The average Bonchev–Trinajstić information content (AvgIpc) is 3.46. The molecule has 0 atom stereocenters. The number of ether oxygens (including phenoxy) is 1. The van der Waals surface area contributed by atoms with Gasteiger partial charge < -0.3 is 9.64 Å². The Morgan fingerprint density at radius 3 is 2.42 bits per heavy atom. The molecular weight excluding hydrogens is 440 g/mol. The Bertz CT molecular complexity index is 1080. The van der Waals surface area contributed by atoms with Gasteiger partial charge in [-0.3, -0.25) is 9.48 Å². The van der Waals surface area contributed by atoms with Crippen LogP contribution in [-0.4, -0.2) is 67.7 Å². The number of nitrogens with zero attached hydrogens (tertiary/aromatic N) is 4. The quantitative estimate of drug-likeness (QED) is 0.410. The molecular formula is C24H34N4O4S. The van der Waals surface area contributed by atoms with Gasteiger partial charge in [-0.15, -0.1) is 0 Å². The predicted octanol–water partition coefficient (Wildman–Crippen LogP) is 3.17. The highest BCUT2D eigenvalue weighted by Gasteiger charge is 2.29. The molecule has 4 rings (SSSR count). The lowest BCUT2D eigenvalue weighted by atomic mass is 10.0. The second kappa shape index (κ2) is 10.4. The molecule has 8 nitrogen and oxygen atoms in total. The molecule has 0 saturated carbocycles. The molecule has 0 aliphatic carbocycles. The number of Topliss-reactive ketones (excluding diaryl/α,β-unsaturated/α-hetero) is 1. The molecule has 0 N–H and O–H groups in total. The van der Waals surface area contributed by atoms with Gasteiger partial charge in [0.2, 0.25) is 10.0 Å². The molecule has 2 aromatic rings. The maximum atomic E-state index is 13.3. The number of aromatic nitrogens is 2. The molecule has 2 aliphatic rings. The minimum atomic E-state index is -3.65. The van der Waals surface area contributed by atoms with Crippen LogP contribution in [0.1, 0.15) is 53.8 Å². The zero-order chi connectivity index (χ0) is 23.4. The fraction of sp³-hybridized carbons (Fsp3) is 0.583. The van der Waals surface area contributed by atoms with E-state index in [0.717, 1.165) is 62.4 Å². The summed E-state index contributed by atoms with van der Waals surface area (Å²) < 4.78 is 35.1. The monoisotopic (exact) mass is 474 g/mol. The minimum absolute atomic E-state index is 0.00398. The molecule has 0 spiro atoms. The number of benzene rings is 1. The van der Waals surface area contributed by atoms with Gasteiger partial charge in [0.15, 0.2) is 5.78 Å². The summed E-state index contributed by atoms with van der Waals surface area (Å²) in [5.74, 6) is 0.00398. The fourth-order valence-electron chi connectivity index (χ4n) is 4.65. The van der Waals surface area contributed by atoms with E-state index in [1.54, 1.807) is 12.1 Å². The number of hydrogen-bond acceptors (Lipinski definition) is 6. The molecule has 180 valence electrons. The number of carbonyl (C=O) groups excluding carboxylic acids is 1. The lowest BCUT2D eigenvalue weighted by molar-refractivity contribution is 0.0730. The standard InChI is InChI=1S/C24H34N4O4S/c1-19-17-20(2)28(25-19)12-4-3-7-24(29)22-18-21(8-9-23(22)26-10-5-6-11-26)33(30,31)27-13-15-32-16-14-27/h8-9,17-18H,3-7,10-16H2,1-2H3. The average molecular weight is 475 g/mol. The van der Waals surface area contributed by atoms with E-state index in [0.29, 0.717) is 38.3 Å². The van der Waals surface area contributed by atoms with Crippen LogP contribution in [0.3, 0.4) is 0 Å². The van der Waals surface area contributed by atoms with Crippen LogP contribution in [0.2, 0.25) is 0 Å². The van der Waals surface area contributed by atoms with E-state index >= 15 is 0 Å². The second-order valence-corrected chi connectivity index (χ2v) is 10.9. The molecule has 2 aliphatic heterocycles. The molecule has 1 aromatic carbocycles. The summed E-state index contributed by atoms with van der Waals surface area (Å²) in [6.45, 7) is 8.05. The zero-order valence-electron chi connectivity index (χ0n) is 19.6. The van der Waals surface area contributed by atoms with Crippen molar-refractivity contribution in [1.82, 2.24) is 14.1 Å². The number of unbranched alkanes of at least 4 members (excludes halogenated alkanes) is 1. The van der Waals surface area contributed by atoms with Crippen LogP contribution < -0.4 is 4.90 Å². The highest BCUT2D eigenvalue weighted by molar-refractivity contribution is 7.89. The number of hydrogen-bond donors (Lipinski definition) is 0. The Kier molecular flexibility index (Phi) is 7.51. The number of ketones is 1. The SMILES string of the molecule is Cc1cc(C)n(CCCCC(=O)c2cc(S(=O)(=O)N3CCOCC3)ccc2N2CCCC2)n1. The van der Waals surface area contributed by atoms with Crippen LogP contribution in [0.15, 0.2) is 29.2 Å². The third-order valence-corrected chi connectivity index (χ3v) is 8.34. The molecule has 0 bridgehead atoms.